The van der Waals surface area contributed by atoms with Gasteiger partial charge >= 0.3 is 0 Å². The molecule has 2 rings (SSSR count). The molecule has 1 heteroatoms. The molecule has 0 spiro atoms. The SMILES string of the molecule is CCc1cc(CC)c(CCCCCNC2CC2)c(CC)c1. The van der Waals surface area contributed by atoms with Crippen LogP contribution in [0.25, 0.3) is 0 Å². The van der Waals surface area contributed by atoms with E-state index in [1.807, 2.05) is 0 Å². The van der Waals surface area contributed by atoms with Crippen molar-refractivity contribution in [2.45, 2.75) is 84.6 Å². The van der Waals surface area contributed by atoms with Crippen LogP contribution in [-0.4, -0.2) is 12.6 Å². The zero-order valence-electron chi connectivity index (χ0n) is 14.3. The van der Waals surface area contributed by atoms with E-state index >= 15 is 0 Å². The largest absolute Gasteiger partial charge is 0.314 e. The summed E-state index contributed by atoms with van der Waals surface area (Å²) in [5.41, 5.74) is 6.37. The third kappa shape index (κ3) is 5.14. The van der Waals surface area contributed by atoms with Gasteiger partial charge in [-0.3, -0.25) is 0 Å². The van der Waals surface area contributed by atoms with Gasteiger partial charge < -0.3 is 5.32 Å². The molecule has 0 aromatic heterocycles. The molecule has 1 nitrogen and oxygen atoms in total. The van der Waals surface area contributed by atoms with Gasteiger partial charge in [0.1, 0.15) is 0 Å². The fourth-order valence-corrected chi connectivity index (χ4v) is 3.22. The summed E-state index contributed by atoms with van der Waals surface area (Å²) in [6, 6.07) is 5.76. The van der Waals surface area contributed by atoms with Crippen molar-refractivity contribution in [1.29, 1.82) is 0 Å². The summed E-state index contributed by atoms with van der Waals surface area (Å²) < 4.78 is 0. The molecule has 1 aliphatic carbocycles. The monoisotopic (exact) mass is 287 g/mol. The van der Waals surface area contributed by atoms with Crippen molar-refractivity contribution >= 4 is 0 Å². The summed E-state index contributed by atoms with van der Waals surface area (Å²) in [5.74, 6) is 0. The highest BCUT2D eigenvalue weighted by atomic mass is 14.9. The zero-order valence-corrected chi connectivity index (χ0v) is 14.3. The fraction of sp³-hybridized carbons (Fsp3) is 0.700. The van der Waals surface area contributed by atoms with Crippen molar-refractivity contribution < 1.29 is 0 Å². The smallest absolute Gasteiger partial charge is 0.00682 e. The normalized spacial score (nSPS) is 14.6. The summed E-state index contributed by atoms with van der Waals surface area (Å²) in [6.45, 7) is 8.09. The highest BCUT2D eigenvalue weighted by Crippen LogP contribution is 2.22. The standard InChI is InChI=1S/C20H33N/c1-4-16-14-17(5-2)20(18(6-3)15-16)10-8-7-9-13-21-19-11-12-19/h14-15,19,21H,4-13H2,1-3H3. The summed E-state index contributed by atoms with van der Waals surface area (Å²) in [4.78, 5) is 0. The first kappa shape index (κ1) is 16.5. The molecule has 118 valence electrons. The van der Waals surface area contributed by atoms with E-state index in [2.05, 4.69) is 38.2 Å². The van der Waals surface area contributed by atoms with Gasteiger partial charge in [-0.1, -0.05) is 39.3 Å². The Morgan fingerprint density at radius 1 is 0.905 bits per heavy atom. The lowest BCUT2D eigenvalue weighted by Gasteiger charge is -2.15. The van der Waals surface area contributed by atoms with Gasteiger partial charge in [0.25, 0.3) is 0 Å². The fourth-order valence-electron chi connectivity index (χ4n) is 3.22. The minimum atomic E-state index is 0.866. The summed E-state index contributed by atoms with van der Waals surface area (Å²) in [6.07, 6.45) is 11.7. The van der Waals surface area contributed by atoms with Crippen LogP contribution in [0.3, 0.4) is 0 Å². The summed E-state index contributed by atoms with van der Waals surface area (Å²) in [5, 5.41) is 3.62. The molecule has 0 unspecified atom stereocenters. The summed E-state index contributed by atoms with van der Waals surface area (Å²) >= 11 is 0. The quantitative estimate of drug-likeness (QED) is 0.607. The van der Waals surface area contributed by atoms with Gasteiger partial charge in [-0.05, 0) is 80.2 Å². The number of nitrogens with one attached hydrogen (secondary N) is 1. The maximum atomic E-state index is 3.62. The van der Waals surface area contributed by atoms with E-state index in [1.165, 1.54) is 63.5 Å². The molecule has 1 N–H and O–H groups in total. The van der Waals surface area contributed by atoms with E-state index in [-0.39, 0.29) is 0 Å². The third-order valence-electron chi connectivity index (χ3n) is 4.78. The van der Waals surface area contributed by atoms with Gasteiger partial charge in [0.2, 0.25) is 0 Å². The first-order valence-electron chi connectivity index (χ1n) is 9.15. The average molecular weight is 287 g/mol. The Morgan fingerprint density at radius 2 is 1.57 bits per heavy atom. The maximum Gasteiger partial charge on any atom is 0.00682 e. The second kappa shape index (κ2) is 8.58. The van der Waals surface area contributed by atoms with E-state index in [4.69, 9.17) is 0 Å². The first-order valence-corrected chi connectivity index (χ1v) is 9.15. The predicted octanol–water partition coefficient (Wildman–Crippen LogP) is 4.84. The lowest BCUT2D eigenvalue weighted by atomic mass is 9.90. The van der Waals surface area contributed by atoms with Crippen LogP contribution in [0.1, 0.15) is 75.1 Å². The number of aryl methyl sites for hydroxylation is 3. The van der Waals surface area contributed by atoms with Crippen molar-refractivity contribution in [2.75, 3.05) is 6.54 Å². The molecule has 0 saturated heterocycles. The Kier molecular flexibility index (Phi) is 6.76. The van der Waals surface area contributed by atoms with Crippen LogP contribution >= 0.6 is 0 Å². The molecule has 1 saturated carbocycles. The van der Waals surface area contributed by atoms with Gasteiger partial charge in [-0.2, -0.15) is 0 Å². The van der Waals surface area contributed by atoms with Crippen molar-refractivity contribution in [3.8, 4) is 0 Å². The molecule has 1 aromatic carbocycles. The molecule has 1 fully saturated rings. The number of benzene rings is 1. The molecular weight excluding hydrogens is 254 g/mol. The number of hydrogen-bond donors (Lipinski definition) is 1. The maximum absolute atomic E-state index is 3.62. The van der Waals surface area contributed by atoms with Crippen molar-refractivity contribution in [3.63, 3.8) is 0 Å². The highest BCUT2D eigenvalue weighted by molar-refractivity contribution is 5.39. The molecular formula is C20H33N. The minimum Gasteiger partial charge on any atom is -0.314 e. The molecule has 0 radical (unpaired) electrons. The lowest BCUT2D eigenvalue weighted by Crippen LogP contribution is -2.17. The average Bonchev–Trinajstić information content (AvgIpc) is 3.34. The second-order valence-corrected chi connectivity index (χ2v) is 6.49. The second-order valence-electron chi connectivity index (χ2n) is 6.49. The Hall–Kier alpha value is -0.820. The van der Waals surface area contributed by atoms with E-state index in [9.17, 15) is 0 Å². The van der Waals surface area contributed by atoms with Crippen LogP contribution in [0.2, 0.25) is 0 Å². The van der Waals surface area contributed by atoms with Gasteiger partial charge in [0.15, 0.2) is 0 Å². The number of hydrogen-bond acceptors (Lipinski definition) is 1. The Bertz CT molecular complexity index is 406. The number of rotatable bonds is 10. The third-order valence-corrected chi connectivity index (χ3v) is 4.78. The van der Waals surface area contributed by atoms with Crippen LogP contribution in [-0.2, 0) is 25.7 Å². The predicted molar refractivity (Wildman–Crippen MR) is 93.2 cm³/mol. The minimum absolute atomic E-state index is 0.866. The Balaban J connectivity index is 1.84. The Labute approximate surface area is 131 Å². The molecule has 0 amide bonds. The van der Waals surface area contributed by atoms with Crippen LogP contribution in [0, 0.1) is 0 Å². The highest BCUT2D eigenvalue weighted by Gasteiger charge is 2.19. The molecule has 0 atom stereocenters. The van der Waals surface area contributed by atoms with Crippen molar-refractivity contribution in [1.82, 2.24) is 5.32 Å². The van der Waals surface area contributed by atoms with Gasteiger partial charge in [-0.15, -0.1) is 0 Å². The van der Waals surface area contributed by atoms with E-state index in [0.29, 0.717) is 0 Å². The summed E-state index contributed by atoms with van der Waals surface area (Å²) in [7, 11) is 0. The van der Waals surface area contributed by atoms with Crippen LogP contribution < -0.4 is 5.32 Å². The van der Waals surface area contributed by atoms with Crippen LogP contribution in [0.4, 0.5) is 0 Å². The topological polar surface area (TPSA) is 12.0 Å². The molecule has 1 aromatic rings. The lowest BCUT2D eigenvalue weighted by molar-refractivity contribution is 0.599. The number of unbranched alkanes of at least 4 members (excludes halogenated alkanes) is 2. The van der Waals surface area contributed by atoms with Crippen LogP contribution in [0.15, 0.2) is 12.1 Å². The van der Waals surface area contributed by atoms with Gasteiger partial charge in [0, 0.05) is 6.04 Å². The molecule has 0 heterocycles. The molecule has 1 aliphatic rings. The van der Waals surface area contributed by atoms with Crippen LogP contribution in [0.5, 0.6) is 0 Å². The van der Waals surface area contributed by atoms with Crippen molar-refractivity contribution in [2.24, 2.45) is 0 Å². The molecule has 0 aliphatic heterocycles. The van der Waals surface area contributed by atoms with Crippen molar-refractivity contribution in [3.05, 3.63) is 34.4 Å². The van der Waals surface area contributed by atoms with Gasteiger partial charge in [-0.25, -0.2) is 0 Å². The first-order chi connectivity index (χ1) is 10.3. The molecule has 0 bridgehead atoms. The molecule has 21 heavy (non-hydrogen) atoms. The van der Waals surface area contributed by atoms with Gasteiger partial charge in [0.05, 0.1) is 0 Å². The Morgan fingerprint density at radius 3 is 2.10 bits per heavy atom. The van der Waals surface area contributed by atoms with E-state index < -0.39 is 0 Å². The van der Waals surface area contributed by atoms with E-state index in [1.54, 1.807) is 16.7 Å². The van der Waals surface area contributed by atoms with E-state index in [0.717, 1.165) is 12.5 Å². The zero-order chi connectivity index (χ0) is 15.1.